The fraction of sp³-hybridized carbons (Fsp3) is 0.750. The van der Waals surface area contributed by atoms with Crippen LogP contribution < -0.4 is 0 Å². The van der Waals surface area contributed by atoms with Crippen molar-refractivity contribution in [3.63, 3.8) is 0 Å². The number of benzene rings is 1. The molecule has 0 saturated carbocycles. The second-order valence-corrected chi connectivity index (χ2v) is 16.6. The van der Waals surface area contributed by atoms with Crippen LogP contribution in [0.15, 0.2) is 35.3 Å². The number of hydrogen-bond donors (Lipinski definition) is 1. The first-order chi connectivity index (χ1) is 24.4. The lowest BCUT2D eigenvalue weighted by Gasteiger charge is -2.48. The number of esters is 1. The van der Waals surface area contributed by atoms with E-state index in [0.717, 1.165) is 11.3 Å². The normalized spacial score (nSPS) is 40.6. The van der Waals surface area contributed by atoms with Crippen LogP contribution in [0.2, 0.25) is 0 Å². The maximum Gasteiger partial charge on any atom is 0.410 e. The molecular formula is C40H61N3O9. The van der Waals surface area contributed by atoms with E-state index in [1.165, 1.54) is 0 Å². The molecule has 290 valence electrons. The number of amides is 1. The van der Waals surface area contributed by atoms with E-state index in [9.17, 15) is 19.5 Å². The minimum absolute atomic E-state index is 0.199. The molecule has 5 rings (SSSR count). The van der Waals surface area contributed by atoms with Gasteiger partial charge in [0.15, 0.2) is 17.7 Å². The van der Waals surface area contributed by atoms with Gasteiger partial charge in [-0.25, -0.2) is 4.79 Å². The minimum Gasteiger partial charge on any atom is -0.457 e. The Morgan fingerprint density at radius 2 is 1.71 bits per heavy atom. The Kier molecular flexibility index (Phi) is 12.3. The van der Waals surface area contributed by atoms with Crippen molar-refractivity contribution in [3.05, 3.63) is 35.9 Å². The van der Waals surface area contributed by atoms with E-state index in [4.69, 9.17) is 28.7 Å². The molecule has 2 bridgehead atoms. The van der Waals surface area contributed by atoms with E-state index in [2.05, 4.69) is 13.8 Å². The van der Waals surface area contributed by atoms with Crippen LogP contribution in [0.5, 0.6) is 0 Å². The van der Waals surface area contributed by atoms with E-state index >= 15 is 0 Å². The standard InChI is InChI=1S/C40H61N3O9/c1-22(2)34-40(9)33-25(5)30(41-17-18-43(33)38(47)52-40)23(3)20-39(8,48-21-28-15-13-12-14-16-28)35(26(6)31(44)27(7)36(46)50-34)51-37-32(45)29(42(10)11)19-24(4)49-37/h12-16,22-27,29,32-35,37,45H,17-21H2,1-11H3/t23-,24+,25-,26+,27-,29-,32?,33?,34+,35-,37-,39+,40+/m1/s1. The van der Waals surface area contributed by atoms with Crippen LogP contribution >= 0.6 is 0 Å². The maximum atomic E-state index is 14.5. The first kappa shape index (κ1) is 40.3. The zero-order valence-corrected chi connectivity index (χ0v) is 32.9. The minimum atomic E-state index is -1.20. The van der Waals surface area contributed by atoms with Gasteiger partial charge in [-0.1, -0.05) is 65.0 Å². The van der Waals surface area contributed by atoms with Crippen LogP contribution in [0.4, 0.5) is 4.79 Å². The number of fused-ring (bicyclic) bond motifs is 1. The Balaban J connectivity index is 1.64. The van der Waals surface area contributed by atoms with Gasteiger partial charge in [-0.15, -0.1) is 0 Å². The van der Waals surface area contributed by atoms with Crippen molar-refractivity contribution < 1.29 is 43.2 Å². The summed E-state index contributed by atoms with van der Waals surface area (Å²) in [4.78, 5) is 50.9. The van der Waals surface area contributed by atoms with E-state index < -0.39 is 71.5 Å². The first-order valence-electron chi connectivity index (χ1n) is 19.0. The predicted molar refractivity (Wildman–Crippen MR) is 196 cm³/mol. The van der Waals surface area contributed by atoms with Gasteiger partial charge in [-0.2, -0.15) is 0 Å². The molecule has 4 aliphatic heterocycles. The lowest BCUT2D eigenvalue weighted by molar-refractivity contribution is -0.298. The summed E-state index contributed by atoms with van der Waals surface area (Å²) in [5.41, 5.74) is -0.529. The van der Waals surface area contributed by atoms with Crippen molar-refractivity contribution in [2.75, 3.05) is 27.2 Å². The summed E-state index contributed by atoms with van der Waals surface area (Å²) in [6.07, 6.45) is -3.57. The van der Waals surface area contributed by atoms with E-state index in [0.29, 0.717) is 25.9 Å². The van der Waals surface area contributed by atoms with Gasteiger partial charge in [0.1, 0.15) is 18.1 Å². The van der Waals surface area contributed by atoms with Gasteiger partial charge in [0.05, 0.1) is 37.0 Å². The maximum absolute atomic E-state index is 14.5. The number of carbonyl (C=O) groups excluding carboxylic acids is 3. The Morgan fingerprint density at radius 3 is 2.35 bits per heavy atom. The fourth-order valence-corrected chi connectivity index (χ4v) is 9.33. The Bertz CT molecular complexity index is 1470. The zero-order valence-electron chi connectivity index (χ0n) is 32.9. The van der Waals surface area contributed by atoms with Crippen LogP contribution in [0.3, 0.4) is 0 Å². The quantitative estimate of drug-likeness (QED) is 0.306. The molecule has 0 spiro atoms. The average Bonchev–Trinajstić information content (AvgIpc) is 3.21. The number of ether oxygens (including phenoxy) is 5. The topological polar surface area (TPSA) is 136 Å². The molecular weight excluding hydrogens is 666 g/mol. The molecule has 52 heavy (non-hydrogen) atoms. The summed E-state index contributed by atoms with van der Waals surface area (Å²) in [5.74, 6) is -3.85. The molecule has 1 aromatic carbocycles. The van der Waals surface area contributed by atoms with Crippen molar-refractivity contribution in [3.8, 4) is 0 Å². The number of nitrogens with zero attached hydrogens (tertiary/aromatic N) is 3. The van der Waals surface area contributed by atoms with Gasteiger partial charge in [-0.3, -0.25) is 19.5 Å². The Labute approximate surface area is 309 Å². The predicted octanol–water partition coefficient (Wildman–Crippen LogP) is 4.89. The summed E-state index contributed by atoms with van der Waals surface area (Å²) in [5, 5.41) is 11.6. The Hall–Kier alpha value is -2.90. The molecule has 12 heteroatoms. The second kappa shape index (κ2) is 15.8. The number of aliphatic hydroxyl groups is 1. The molecule has 3 fully saturated rings. The summed E-state index contributed by atoms with van der Waals surface area (Å²) in [6, 6.07) is 9.06. The van der Waals surface area contributed by atoms with Gasteiger partial charge in [0.2, 0.25) is 0 Å². The molecule has 12 nitrogen and oxygen atoms in total. The average molecular weight is 728 g/mol. The van der Waals surface area contributed by atoms with Crippen molar-refractivity contribution in [1.29, 1.82) is 0 Å². The number of aliphatic hydroxyl groups excluding tert-OH is 1. The molecule has 2 unspecified atom stereocenters. The fourth-order valence-electron chi connectivity index (χ4n) is 9.33. The third-order valence-electron chi connectivity index (χ3n) is 11.9. The van der Waals surface area contributed by atoms with Crippen molar-refractivity contribution in [2.24, 2.45) is 34.6 Å². The smallest absolute Gasteiger partial charge is 0.410 e. The zero-order chi connectivity index (χ0) is 38.3. The summed E-state index contributed by atoms with van der Waals surface area (Å²) in [6.45, 7) is 18.0. The number of likely N-dealkylation sites (N-methyl/N-ethyl adjacent to an activating group) is 1. The summed E-state index contributed by atoms with van der Waals surface area (Å²) < 4.78 is 32.4. The number of carbonyl (C=O) groups is 3. The largest absolute Gasteiger partial charge is 0.457 e. The van der Waals surface area contributed by atoms with Gasteiger partial charge in [0, 0.05) is 30.1 Å². The van der Waals surface area contributed by atoms with Crippen LogP contribution in [-0.4, -0.2) is 120 Å². The van der Waals surface area contributed by atoms with Crippen LogP contribution in [0.1, 0.15) is 80.7 Å². The molecule has 1 aromatic rings. The number of Topliss-reactive ketones (excluding diaryl/α,β-unsaturated/α-hetero) is 1. The third-order valence-corrected chi connectivity index (χ3v) is 11.9. The van der Waals surface area contributed by atoms with Crippen LogP contribution in [0.25, 0.3) is 0 Å². The van der Waals surface area contributed by atoms with E-state index in [1.807, 2.05) is 83.9 Å². The Morgan fingerprint density at radius 1 is 1.04 bits per heavy atom. The van der Waals surface area contributed by atoms with Gasteiger partial charge in [-0.05, 0) is 72.0 Å². The second-order valence-electron chi connectivity index (χ2n) is 16.6. The van der Waals surface area contributed by atoms with E-state index in [-0.39, 0.29) is 36.5 Å². The molecule has 0 aromatic heterocycles. The molecule has 0 aliphatic carbocycles. The summed E-state index contributed by atoms with van der Waals surface area (Å²) >= 11 is 0. The molecule has 0 radical (unpaired) electrons. The highest BCUT2D eigenvalue weighted by atomic mass is 16.7. The van der Waals surface area contributed by atoms with Crippen molar-refractivity contribution in [1.82, 2.24) is 9.80 Å². The highest BCUT2D eigenvalue weighted by Crippen LogP contribution is 2.45. The van der Waals surface area contributed by atoms with Crippen molar-refractivity contribution in [2.45, 2.75) is 136 Å². The summed E-state index contributed by atoms with van der Waals surface area (Å²) in [7, 11) is 3.82. The number of ketones is 1. The SMILES string of the molecule is CC(C)[C@@H]1OC(=O)[C@H](C)C(=O)[C@H](C)[C@@H](O[C@H]2O[C@@H](C)C[C@@H](N(C)C)C2O)[C@@](C)(OCc2ccccc2)C[C@@H](C)C2=NCCN3C(=O)O[C@@]1(C)C3[C@@H]2C. The van der Waals surface area contributed by atoms with Crippen molar-refractivity contribution >= 4 is 23.6 Å². The van der Waals surface area contributed by atoms with Gasteiger partial charge < -0.3 is 33.7 Å². The van der Waals surface area contributed by atoms with Crippen LogP contribution in [-0.2, 0) is 39.9 Å². The lowest BCUT2D eigenvalue weighted by Crippen LogP contribution is -2.60. The number of aliphatic imine (C=N–C) groups is 1. The van der Waals surface area contributed by atoms with Gasteiger partial charge in [0.25, 0.3) is 0 Å². The highest BCUT2D eigenvalue weighted by molar-refractivity contribution is 6.00. The van der Waals surface area contributed by atoms with Gasteiger partial charge >= 0.3 is 12.1 Å². The highest BCUT2D eigenvalue weighted by Gasteiger charge is 2.61. The van der Waals surface area contributed by atoms with Crippen LogP contribution in [0, 0.1) is 29.6 Å². The number of hydrogen-bond acceptors (Lipinski definition) is 11. The molecule has 4 aliphatic rings. The molecule has 4 heterocycles. The molecule has 1 amide bonds. The lowest BCUT2D eigenvalue weighted by atomic mass is 9.72. The number of rotatable bonds is 7. The molecule has 13 atom stereocenters. The molecule has 1 N–H and O–H groups in total. The molecule has 3 saturated heterocycles. The number of cyclic esters (lactones) is 1. The third kappa shape index (κ3) is 7.83. The first-order valence-corrected chi connectivity index (χ1v) is 19.0. The van der Waals surface area contributed by atoms with E-state index in [1.54, 1.807) is 18.7 Å². The monoisotopic (exact) mass is 727 g/mol.